The fourth-order valence-electron chi connectivity index (χ4n) is 12.4. The number of hydrogen-bond donors (Lipinski definition) is 0. The Morgan fingerprint density at radius 2 is 0.550 bits per heavy atom. The fraction of sp³-hybridized carbons (Fsp3) is 0. The second-order valence-electron chi connectivity index (χ2n) is 20.7. The molecular weight excluding hydrogens is 1160 g/mol. The molecule has 0 aromatic heterocycles. The molecule has 12 aromatic rings. The zero-order chi connectivity index (χ0) is 52.4. The number of benzene rings is 12. The Kier molecular flexibility index (Phi) is 10.0. The first-order valence-electron chi connectivity index (χ1n) is 27.0. The van der Waals surface area contributed by atoms with Crippen molar-refractivity contribution in [2.75, 3.05) is 19.6 Å². The van der Waals surface area contributed by atoms with Gasteiger partial charge in [0.15, 0.2) is 0 Å². The molecular formula is C74H44N4OPt-2. The number of hydrogen-bond acceptors (Lipinski definition) is 5. The molecule has 5 heterocycles. The summed E-state index contributed by atoms with van der Waals surface area (Å²) in [5.74, 6) is 1.24. The monoisotopic (exact) mass is 1200 g/mol. The molecule has 16 bridgehead atoms. The van der Waals surface area contributed by atoms with Gasteiger partial charge in [0.05, 0.1) is 0 Å². The Labute approximate surface area is 472 Å². The molecule has 12 aromatic carbocycles. The van der Waals surface area contributed by atoms with Crippen molar-refractivity contribution < 1.29 is 22.4 Å². The number of para-hydroxylation sites is 4. The molecule has 17 rings (SSSR count). The zero-order valence-electron chi connectivity index (χ0n) is 42.9. The Hall–Kier alpha value is -9.93. The van der Waals surface area contributed by atoms with E-state index in [1.165, 1.54) is 0 Å². The molecule has 378 valence electrons. The molecule has 0 unspecified atom stereocenters. The van der Waals surface area contributed by atoms with Crippen molar-refractivity contribution >= 4 is 53.8 Å². The first-order chi connectivity index (χ1) is 39.6. The van der Waals surface area contributed by atoms with Gasteiger partial charge in [-0.15, -0.1) is 0 Å². The van der Waals surface area contributed by atoms with Crippen LogP contribution < -0.4 is 24.3 Å². The van der Waals surface area contributed by atoms with E-state index in [0.717, 1.165) is 143 Å². The predicted octanol–water partition coefficient (Wildman–Crippen LogP) is 18.9. The molecule has 0 N–H and O–H groups in total. The molecule has 80 heavy (non-hydrogen) atoms. The van der Waals surface area contributed by atoms with Gasteiger partial charge in [0, 0.05) is 0 Å². The average molecular weight is 1200 g/mol. The van der Waals surface area contributed by atoms with Crippen LogP contribution in [-0.4, -0.2) is 8.29 Å². The first-order valence-corrected chi connectivity index (χ1v) is 29.2. The molecule has 0 atom stereocenters. The van der Waals surface area contributed by atoms with Gasteiger partial charge in [0.2, 0.25) is 0 Å². The molecule has 0 spiro atoms. The third kappa shape index (κ3) is 7.07. The first kappa shape index (κ1) is 45.1. The van der Waals surface area contributed by atoms with Crippen molar-refractivity contribution in [2.45, 2.75) is 0 Å². The quantitative estimate of drug-likeness (QED) is 0.160. The van der Waals surface area contributed by atoms with E-state index in [0.29, 0.717) is 11.5 Å². The molecule has 0 saturated carbocycles. The summed E-state index contributed by atoms with van der Waals surface area (Å²) in [6, 6.07) is 107. The summed E-state index contributed by atoms with van der Waals surface area (Å²) in [6.45, 7) is 0. The van der Waals surface area contributed by atoms with Crippen LogP contribution >= 0.6 is 0 Å². The molecule has 0 amide bonds. The van der Waals surface area contributed by atoms with Crippen LogP contribution in [0.2, 0.25) is 0 Å². The number of ether oxygens (including phenoxy) is 1. The van der Waals surface area contributed by atoms with E-state index in [1.54, 1.807) is 0 Å². The maximum absolute atomic E-state index is 6.85. The fourth-order valence-corrected chi connectivity index (χ4v) is 16.0. The van der Waals surface area contributed by atoms with Gasteiger partial charge in [0.25, 0.3) is 0 Å². The van der Waals surface area contributed by atoms with Crippen LogP contribution in [0.15, 0.2) is 267 Å². The number of nitrogens with zero attached hydrogens (tertiary/aromatic N) is 4. The Morgan fingerprint density at radius 3 is 0.912 bits per heavy atom. The molecule has 0 saturated heterocycles. The summed E-state index contributed by atoms with van der Waals surface area (Å²) in [7, 11) is 0. The second kappa shape index (κ2) is 17.8. The van der Waals surface area contributed by atoms with Crippen LogP contribution in [0.25, 0.3) is 89.0 Å². The van der Waals surface area contributed by atoms with Gasteiger partial charge >= 0.3 is 475 Å². The summed E-state index contributed by atoms with van der Waals surface area (Å²) >= 11 is -1.31. The molecule has 0 radical (unpaired) electrons. The van der Waals surface area contributed by atoms with E-state index >= 15 is 0 Å². The Balaban J connectivity index is 1.15. The average Bonchev–Trinajstić information content (AvgIpc) is 4.15. The van der Waals surface area contributed by atoms with Gasteiger partial charge in [-0.3, -0.25) is 0 Å². The van der Waals surface area contributed by atoms with Gasteiger partial charge in [-0.2, -0.15) is 0 Å². The molecule has 5 nitrogen and oxygen atoms in total. The van der Waals surface area contributed by atoms with E-state index in [4.69, 9.17) is 4.74 Å². The van der Waals surface area contributed by atoms with Crippen molar-refractivity contribution in [3.05, 3.63) is 279 Å². The Bertz CT molecular complexity index is 4230. The molecule has 0 aliphatic carbocycles. The maximum atomic E-state index is 6.85. The van der Waals surface area contributed by atoms with Gasteiger partial charge in [-0.25, -0.2) is 0 Å². The van der Waals surface area contributed by atoms with Crippen LogP contribution in [0, 0.1) is 12.1 Å². The van der Waals surface area contributed by atoms with Crippen molar-refractivity contribution in [1.82, 2.24) is 0 Å². The summed E-state index contributed by atoms with van der Waals surface area (Å²) in [5.41, 5.74) is 26.4. The van der Waals surface area contributed by atoms with Crippen molar-refractivity contribution in [3.63, 3.8) is 0 Å². The van der Waals surface area contributed by atoms with Crippen molar-refractivity contribution in [3.8, 4) is 101 Å². The number of fused-ring (bicyclic) bond motifs is 24. The number of anilines is 8. The third-order valence-electron chi connectivity index (χ3n) is 16.0. The number of rotatable bonds is 2. The third-order valence-corrected chi connectivity index (χ3v) is 19.0. The molecule has 0 fully saturated rings. The predicted molar refractivity (Wildman–Crippen MR) is 326 cm³/mol. The Morgan fingerprint density at radius 1 is 0.250 bits per heavy atom. The molecule has 5 aliphatic rings. The van der Waals surface area contributed by atoms with Crippen LogP contribution in [0.5, 0.6) is 11.5 Å². The van der Waals surface area contributed by atoms with Crippen molar-refractivity contribution in [2.24, 2.45) is 0 Å². The van der Waals surface area contributed by atoms with Gasteiger partial charge < -0.3 is 0 Å². The van der Waals surface area contributed by atoms with E-state index in [-0.39, 0.29) is 0 Å². The van der Waals surface area contributed by atoms with E-state index < -0.39 is 17.6 Å². The van der Waals surface area contributed by atoms with Crippen LogP contribution in [-0.2, 0) is 17.6 Å². The summed E-state index contributed by atoms with van der Waals surface area (Å²) < 4.78 is 9.14. The van der Waals surface area contributed by atoms with Crippen LogP contribution in [0.4, 0.5) is 45.5 Å². The van der Waals surface area contributed by atoms with Gasteiger partial charge in [-0.05, 0) is 0 Å². The zero-order valence-corrected chi connectivity index (χ0v) is 45.2. The van der Waals surface area contributed by atoms with E-state index in [9.17, 15) is 0 Å². The minimum atomic E-state index is -1.31. The summed E-state index contributed by atoms with van der Waals surface area (Å²) in [5, 5.41) is 0. The SMILES string of the molecule is [c-]1c2cccc1N1[C]3=[Pt]=[C]4N(c5[c-]c(ccc5)O2)c2ccccc2N4c2c4cc(-c5ccccc5)cc2-c2cccc(c2)-c2cccc(c2)-c2cc(-c5ccccc5)cc(c2N3c2ccccc21)-c1cccc(c1)-c1cccc-4c1. The molecule has 5 aliphatic heterocycles. The van der Waals surface area contributed by atoms with Crippen LogP contribution in [0.1, 0.15) is 0 Å². The minimum absolute atomic E-state index is 0.619. The van der Waals surface area contributed by atoms with Crippen molar-refractivity contribution in [1.29, 1.82) is 0 Å². The summed E-state index contributed by atoms with van der Waals surface area (Å²) in [6.07, 6.45) is 0. The van der Waals surface area contributed by atoms with E-state index in [2.05, 4.69) is 287 Å². The second-order valence-corrected chi connectivity index (χ2v) is 23.3. The standard InChI is InChI=1S/C74H44N4O.Pt/c1-3-17-49(18-4-1)59-41-65-55-25-11-21-51(37-55)53-23-13-27-57(39-53)67-43-60(50-19-5-2-6-20-50)44-68-58-28-14-24-54(40-58)52-22-12-26-56(38-52)66(42-59)73(65)77-47-75(69-33-7-9-35-71(69)77)61-29-15-31-63(45-61)79-64-32-16-30-62(46-64)76-48-78(74(67)68)72-36-10-8-34-70(72)76;/h1-44H;/q-2;. The van der Waals surface area contributed by atoms with Gasteiger partial charge in [0.1, 0.15) is 0 Å². The molecule has 6 heteroatoms. The topological polar surface area (TPSA) is 22.2 Å². The summed E-state index contributed by atoms with van der Waals surface area (Å²) in [4.78, 5) is 10.2. The normalized spacial score (nSPS) is 13.8. The van der Waals surface area contributed by atoms with Gasteiger partial charge in [-0.1, -0.05) is 0 Å². The van der Waals surface area contributed by atoms with E-state index in [1.807, 2.05) is 12.1 Å². The van der Waals surface area contributed by atoms with Crippen LogP contribution in [0.3, 0.4) is 0 Å².